The normalized spacial score (nSPS) is 10.8. The zero-order valence-electron chi connectivity index (χ0n) is 16.2. The minimum atomic E-state index is -1.25. The highest BCUT2D eigenvalue weighted by Gasteiger charge is 2.17. The number of ether oxygens (including phenoxy) is 1. The van der Waals surface area contributed by atoms with Crippen LogP contribution in [-0.2, 0) is 0 Å². The van der Waals surface area contributed by atoms with E-state index < -0.39 is 34.6 Å². The summed E-state index contributed by atoms with van der Waals surface area (Å²) >= 11 is 0. The molecule has 31 heavy (non-hydrogen) atoms. The topological polar surface area (TPSA) is 37.0 Å². The number of H-pyrrole nitrogens is 1. The molecule has 0 saturated heterocycles. The Balaban J connectivity index is 0.00000272. The van der Waals surface area contributed by atoms with Crippen LogP contribution in [0.1, 0.15) is 5.56 Å². The Morgan fingerprint density at radius 1 is 0.806 bits per heavy atom. The fourth-order valence-electron chi connectivity index (χ4n) is 3.22. The molecule has 3 aromatic carbocycles. The summed E-state index contributed by atoms with van der Waals surface area (Å²) in [6, 6.07) is 9.35. The summed E-state index contributed by atoms with van der Waals surface area (Å²) in [7, 11) is 1.40. The van der Waals surface area contributed by atoms with Gasteiger partial charge >= 0.3 is 0 Å². The van der Waals surface area contributed by atoms with Crippen LogP contribution in [0.5, 0.6) is 5.75 Å². The third-order valence-electron chi connectivity index (χ3n) is 4.82. The van der Waals surface area contributed by atoms with E-state index in [4.69, 9.17) is 4.74 Å². The molecule has 0 spiro atoms. The molecule has 4 rings (SSSR count). The predicted molar refractivity (Wildman–Crippen MR) is 112 cm³/mol. The van der Waals surface area contributed by atoms with Crippen molar-refractivity contribution < 1.29 is 26.7 Å². The van der Waals surface area contributed by atoms with Gasteiger partial charge in [0.25, 0.3) is 0 Å². The molecule has 0 fully saturated rings. The van der Waals surface area contributed by atoms with Gasteiger partial charge in [0.15, 0.2) is 29.1 Å². The van der Waals surface area contributed by atoms with Crippen LogP contribution in [0.15, 0.2) is 42.5 Å². The van der Waals surface area contributed by atoms with Gasteiger partial charge in [-0.1, -0.05) is 0 Å². The SMILES string of the molecule is COc1ccc(-c2cc3cc(F)c(F)cc3[nH]2)cc1Nc1cc(F)c(F)c(C)c1F.Cl. The lowest BCUT2D eigenvalue weighted by Gasteiger charge is -2.14. The third-order valence-corrected chi connectivity index (χ3v) is 4.82. The lowest BCUT2D eigenvalue weighted by atomic mass is 10.1. The van der Waals surface area contributed by atoms with Crippen LogP contribution >= 0.6 is 12.4 Å². The Labute approximate surface area is 180 Å². The van der Waals surface area contributed by atoms with E-state index in [1.165, 1.54) is 7.11 Å². The molecule has 2 N–H and O–H groups in total. The number of aromatic nitrogens is 1. The minimum absolute atomic E-state index is 0. The molecule has 0 bridgehead atoms. The van der Waals surface area contributed by atoms with Gasteiger partial charge in [-0.15, -0.1) is 12.4 Å². The van der Waals surface area contributed by atoms with Crippen LogP contribution in [0, 0.1) is 36.0 Å². The third kappa shape index (κ3) is 4.03. The Kier molecular flexibility index (Phi) is 6.13. The van der Waals surface area contributed by atoms with Crippen LogP contribution < -0.4 is 10.1 Å². The first-order valence-corrected chi connectivity index (χ1v) is 8.85. The fraction of sp³-hybridized carbons (Fsp3) is 0.0909. The van der Waals surface area contributed by atoms with E-state index in [1.807, 2.05) is 0 Å². The molecule has 0 atom stereocenters. The lowest BCUT2D eigenvalue weighted by molar-refractivity contribution is 0.417. The summed E-state index contributed by atoms with van der Waals surface area (Å²) in [5.74, 6) is -4.99. The molecule has 0 saturated carbocycles. The molecule has 0 aliphatic heterocycles. The van der Waals surface area contributed by atoms with E-state index >= 15 is 0 Å². The number of anilines is 2. The molecule has 1 heterocycles. The fourth-order valence-corrected chi connectivity index (χ4v) is 3.22. The second kappa shape index (κ2) is 8.47. The number of benzene rings is 3. The molecule has 0 radical (unpaired) electrons. The summed E-state index contributed by atoms with van der Waals surface area (Å²) in [6.07, 6.45) is 0. The quantitative estimate of drug-likeness (QED) is 0.257. The number of methoxy groups -OCH3 is 1. The van der Waals surface area contributed by atoms with Gasteiger partial charge in [-0.2, -0.15) is 0 Å². The van der Waals surface area contributed by atoms with Crippen LogP contribution in [0.25, 0.3) is 22.2 Å². The largest absolute Gasteiger partial charge is 0.495 e. The van der Waals surface area contributed by atoms with Gasteiger partial charge in [-0.05, 0) is 37.3 Å². The van der Waals surface area contributed by atoms with Crippen molar-refractivity contribution in [3.8, 4) is 17.0 Å². The zero-order chi connectivity index (χ0) is 21.6. The Bertz CT molecular complexity index is 1250. The Hall–Kier alpha value is -3.26. The number of aromatic amines is 1. The number of nitrogens with one attached hydrogen (secondary N) is 2. The molecule has 162 valence electrons. The van der Waals surface area contributed by atoms with E-state index in [-0.39, 0.29) is 23.8 Å². The molecule has 3 nitrogen and oxygen atoms in total. The van der Waals surface area contributed by atoms with E-state index in [1.54, 1.807) is 24.3 Å². The van der Waals surface area contributed by atoms with Gasteiger partial charge in [0.05, 0.1) is 18.5 Å². The first-order valence-electron chi connectivity index (χ1n) is 8.85. The smallest absolute Gasteiger partial charge is 0.164 e. The second-order valence-electron chi connectivity index (χ2n) is 6.74. The van der Waals surface area contributed by atoms with E-state index in [0.717, 1.165) is 25.1 Å². The first-order chi connectivity index (χ1) is 14.3. The molecule has 4 aromatic rings. The highest BCUT2D eigenvalue weighted by molar-refractivity contribution is 5.87. The monoisotopic (exact) mass is 454 g/mol. The molecule has 0 aliphatic carbocycles. The van der Waals surface area contributed by atoms with Crippen molar-refractivity contribution in [3.05, 3.63) is 77.1 Å². The molecule has 0 amide bonds. The summed E-state index contributed by atoms with van der Waals surface area (Å²) in [4.78, 5) is 2.99. The summed E-state index contributed by atoms with van der Waals surface area (Å²) in [5.41, 5.74) is 1.11. The van der Waals surface area contributed by atoms with Gasteiger partial charge in [0, 0.05) is 39.9 Å². The van der Waals surface area contributed by atoms with Crippen molar-refractivity contribution in [2.24, 2.45) is 0 Å². The number of hydrogen-bond acceptors (Lipinski definition) is 2. The van der Waals surface area contributed by atoms with E-state index in [0.29, 0.717) is 27.9 Å². The van der Waals surface area contributed by atoms with Crippen molar-refractivity contribution in [2.75, 3.05) is 12.4 Å². The van der Waals surface area contributed by atoms with Crippen molar-refractivity contribution in [1.29, 1.82) is 0 Å². The maximum atomic E-state index is 14.4. The number of fused-ring (bicyclic) bond motifs is 1. The van der Waals surface area contributed by atoms with Crippen molar-refractivity contribution >= 4 is 34.7 Å². The standard InChI is InChI=1S/C22H15F5N2O.ClH/c1-10-21(26)15(25)9-19(22(10)27)29-18-6-11(3-4-20(18)30-2)16-7-12-5-13(23)14(24)8-17(12)28-16;/h3-9,28-29H,1-2H3;1H. The van der Waals surface area contributed by atoms with Gasteiger partial charge in [0.2, 0.25) is 0 Å². The van der Waals surface area contributed by atoms with Crippen molar-refractivity contribution in [3.63, 3.8) is 0 Å². The maximum absolute atomic E-state index is 14.4. The van der Waals surface area contributed by atoms with Gasteiger partial charge in [-0.25, -0.2) is 22.0 Å². The lowest BCUT2D eigenvalue weighted by Crippen LogP contribution is -2.02. The van der Waals surface area contributed by atoms with Gasteiger partial charge < -0.3 is 15.0 Å². The van der Waals surface area contributed by atoms with Gasteiger partial charge in [-0.3, -0.25) is 0 Å². The highest BCUT2D eigenvalue weighted by Crippen LogP contribution is 2.35. The first kappa shape index (κ1) is 22.4. The van der Waals surface area contributed by atoms with Crippen molar-refractivity contribution in [1.82, 2.24) is 4.98 Å². The van der Waals surface area contributed by atoms with Gasteiger partial charge in [0.1, 0.15) is 5.75 Å². The van der Waals surface area contributed by atoms with Crippen LogP contribution in [-0.4, -0.2) is 12.1 Å². The molecule has 0 aliphatic rings. The number of halogens is 6. The minimum Gasteiger partial charge on any atom is -0.495 e. The van der Waals surface area contributed by atoms with Crippen molar-refractivity contribution in [2.45, 2.75) is 6.92 Å². The average Bonchev–Trinajstić information content (AvgIpc) is 3.13. The summed E-state index contributed by atoms with van der Waals surface area (Å²) in [5, 5.41) is 3.19. The molecule has 1 aromatic heterocycles. The Morgan fingerprint density at radius 2 is 1.52 bits per heavy atom. The molecule has 9 heteroatoms. The average molecular weight is 455 g/mol. The summed E-state index contributed by atoms with van der Waals surface area (Å²) in [6.45, 7) is 1.13. The number of rotatable bonds is 4. The van der Waals surface area contributed by atoms with Crippen LogP contribution in [0.4, 0.5) is 33.3 Å². The zero-order valence-corrected chi connectivity index (χ0v) is 17.1. The predicted octanol–water partition coefficient (Wildman–Crippen LogP) is 7.01. The highest BCUT2D eigenvalue weighted by atomic mass is 35.5. The van der Waals surface area contributed by atoms with Crippen LogP contribution in [0.3, 0.4) is 0 Å². The van der Waals surface area contributed by atoms with E-state index in [9.17, 15) is 22.0 Å². The molecular weight excluding hydrogens is 439 g/mol. The Morgan fingerprint density at radius 3 is 2.23 bits per heavy atom. The maximum Gasteiger partial charge on any atom is 0.164 e. The number of hydrogen-bond donors (Lipinski definition) is 2. The van der Waals surface area contributed by atoms with Crippen LogP contribution in [0.2, 0.25) is 0 Å². The van der Waals surface area contributed by atoms with E-state index in [2.05, 4.69) is 10.3 Å². The summed E-state index contributed by atoms with van der Waals surface area (Å²) < 4.78 is 74.0. The molecular formula is C22H16ClF5N2O. The molecule has 0 unspecified atom stereocenters. The second-order valence-corrected chi connectivity index (χ2v) is 6.74.